The Kier molecular flexibility index (Phi) is 7.29. The minimum absolute atomic E-state index is 0.130. The van der Waals surface area contributed by atoms with Crippen LogP contribution in [0.1, 0.15) is 25.1 Å². The van der Waals surface area contributed by atoms with E-state index in [0.29, 0.717) is 34.1 Å². The topological polar surface area (TPSA) is 130 Å². The van der Waals surface area contributed by atoms with Crippen LogP contribution in [0.4, 0.5) is 5.69 Å². The molecule has 0 saturated carbocycles. The van der Waals surface area contributed by atoms with E-state index in [-0.39, 0.29) is 23.1 Å². The fourth-order valence-corrected chi connectivity index (χ4v) is 4.47. The van der Waals surface area contributed by atoms with Gasteiger partial charge in [-0.2, -0.15) is 0 Å². The number of hydrogen-bond acceptors (Lipinski definition) is 6. The number of carbonyl (C=O) groups is 1. The van der Waals surface area contributed by atoms with Crippen molar-refractivity contribution in [1.29, 1.82) is 0 Å². The van der Waals surface area contributed by atoms with Gasteiger partial charge in [-0.1, -0.05) is 12.1 Å². The summed E-state index contributed by atoms with van der Waals surface area (Å²) in [5.41, 5.74) is 2.09. The molecule has 0 aliphatic heterocycles. The van der Waals surface area contributed by atoms with Crippen LogP contribution >= 0.6 is 0 Å². The van der Waals surface area contributed by atoms with Gasteiger partial charge in [0.15, 0.2) is 6.61 Å². The van der Waals surface area contributed by atoms with Crippen molar-refractivity contribution in [1.82, 2.24) is 14.7 Å². The second-order valence-electron chi connectivity index (χ2n) is 7.86. The summed E-state index contributed by atoms with van der Waals surface area (Å²) in [6.45, 7) is 6.66. The summed E-state index contributed by atoms with van der Waals surface area (Å²) in [7, 11) is -3.62. The average molecular weight is 471 g/mol. The summed E-state index contributed by atoms with van der Waals surface area (Å²) in [6, 6.07) is 12.6. The highest BCUT2D eigenvalue weighted by Crippen LogP contribution is 2.22. The third-order valence-corrected chi connectivity index (χ3v) is 6.15. The van der Waals surface area contributed by atoms with Crippen LogP contribution in [0.5, 0.6) is 5.75 Å². The Labute approximate surface area is 192 Å². The van der Waals surface area contributed by atoms with Crippen molar-refractivity contribution in [2.45, 2.75) is 38.6 Å². The van der Waals surface area contributed by atoms with Gasteiger partial charge in [-0.25, -0.2) is 18.1 Å². The third kappa shape index (κ3) is 6.50. The lowest BCUT2D eigenvalue weighted by Crippen LogP contribution is -2.30. The number of hydrogen-bond donors (Lipinski definition) is 3. The number of aromatic nitrogens is 2. The number of H-pyrrole nitrogens is 1. The van der Waals surface area contributed by atoms with Gasteiger partial charge in [0.2, 0.25) is 10.0 Å². The van der Waals surface area contributed by atoms with Crippen molar-refractivity contribution >= 4 is 21.6 Å². The lowest BCUT2D eigenvalue weighted by molar-refractivity contribution is -0.118. The van der Waals surface area contributed by atoms with Gasteiger partial charge in [-0.3, -0.25) is 9.59 Å². The molecule has 0 spiro atoms. The highest BCUT2D eigenvalue weighted by Gasteiger charge is 2.17. The zero-order valence-corrected chi connectivity index (χ0v) is 19.6. The molecule has 1 heterocycles. The largest absolute Gasteiger partial charge is 0.483 e. The molecule has 9 nitrogen and oxygen atoms in total. The van der Waals surface area contributed by atoms with Crippen LogP contribution in [0.2, 0.25) is 0 Å². The lowest BCUT2D eigenvalue weighted by atomic mass is 10.2. The molecule has 0 saturated heterocycles. The number of nitrogens with zero attached hydrogens (tertiary/aromatic N) is 1. The van der Waals surface area contributed by atoms with Gasteiger partial charge >= 0.3 is 0 Å². The van der Waals surface area contributed by atoms with Crippen LogP contribution in [0.15, 0.2) is 58.2 Å². The number of amides is 1. The zero-order chi connectivity index (χ0) is 24.2. The molecule has 33 heavy (non-hydrogen) atoms. The number of aryl methyl sites for hydroxylation is 2. The first-order valence-electron chi connectivity index (χ1n) is 10.3. The van der Waals surface area contributed by atoms with Crippen LogP contribution in [-0.2, 0) is 14.8 Å². The van der Waals surface area contributed by atoms with E-state index in [9.17, 15) is 18.0 Å². The summed E-state index contributed by atoms with van der Waals surface area (Å²) < 4.78 is 32.7. The van der Waals surface area contributed by atoms with Crippen LogP contribution in [0, 0.1) is 13.8 Å². The first kappa shape index (κ1) is 24.1. The molecular weight excluding hydrogens is 444 g/mol. The number of aromatic amines is 1. The quantitative estimate of drug-likeness (QED) is 0.464. The Morgan fingerprint density at radius 1 is 1.12 bits per heavy atom. The monoisotopic (exact) mass is 470 g/mol. The van der Waals surface area contributed by atoms with Gasteiger partial charge in [0.25, 0.3) is 11.5 Å². The predicted molar refractivity (Wildman–Crippen MR) is 126 cm³/mol. The predicted octanol–water partition coefficient (Wildman–Crippen LogP) is 2.76. The normalized spacial score (nSPS) is 11.4. The van der Waals surface area contributed by atoms with Gasteiger partial charge in [-0.15, -0.1) is 0 Å². The molecule has 0 fully saturated rings. The fraction of sp³-hybridized carbons (Fsp3) is 0.261. The summed E-state index contributed by atoms with van der Waals surface area (Å²) in [6.07, 6.45) is 0. The van der Waals surface area contributed by atoms with Crippen LogP contribution < -0.4 is 20.3 Å². The van der Waals surface area contributed by atoms with Gasteiger partial charge in [0.1, 0.15) is 11.6 Å². The van der Waals surface area contributed by atoms with E-state index in [1.165, 1.54) is 24.3 Å². The molecule has 0 unspecified atom stereocenters. The molecule has 3 N–H and O–H groups in total. The maximum absolute atomic E-state index is 12.4. The van der Waals surface area contributed by atoms with Gasteiger partial charge in [0.05, 0.1) is 4.90 Å². The average Bonchev–Trinajstić information content (AvgIpc) is 2.71. The summed E-state index contributed by atoms with van der Waals surface area (Å²) in [4.78, 5) is 31.2. The van der Waals surface area contributed by atoms with Gasteiger partial charge in [0, 0.05) is 29.1 Å². The lowest BCUT2D eigenvalue weighted by Gasteiger charge is -2.13. The molecule has 1 amide bonds. The molecule has 0 radical (unpaired) electrons. The second-order valence-corrected chi connectivity index (χ2v) is 9.57. The number of carbonyl (C=O) groups excluding carboxylic acids is 1. The van der Waals surface area contributed by atoms with Crippen molar-refractivity contribution in [3.05, 3.63) is 70.1 Å². The Bertz CT molecular complexity index is 1330. The fourth-order valence-electron chi connectivity index (χ4n) is 3.13. The Morgan fingerprint density at radius 3 is 2.55 bits per heavy atom. The van der Waals surface area contributed by atoms with Crippen LogP contribution in [0.25, 0.3) is 11.4 Å². The summed E-state index contributed by atoms with van der Waals surface area (Å²) in [5, 5.41) is 2.74. The maximum Gasteiger partial charge on any atom is 0.262 e. The van der Waals surface area contributed by atoms with E-state index in [1.54, 1.807) is 52.0 Å². The Morgan fingerprint density at radius 2 is 1.88 bits per heavy atom. The van der Waals surface area contributed by atoms with E-state index < -0.39 is 15.9 Å². The van der Waals surface area contributed by atoms with E-state index in [1.807, 2.05) is 0 Å². The zero-order valence-electron chi connectivity index (χ0n) is 18.8. The third-order valence-electron chi connectivity index (χ3n) is 4.50. The highest BCUT2D eigenvalue weighted by molar-refractivity contribution is 7.89. The Balaban J connectivity index is 1.66. The number of ether oxygens (including phenoxy) is 1. The molecule has 0 bridgehead atoms. The molecular formula is C23H26N4O5S. The smallest absolute Gasteiger partial charge is 0.262 e. The highest BCUT2D eigenvalue weighted by atomic mass is 32.2. The number of nitrogens with one attached hydrogen (secondary N) is 3. The summed E-state index contributed by atoms with van der Waals surface area (Å²) in [5.74, 6) is 0.421. The molecule has 0 aliphatic carbocycles. The first-order chi connectivity index (χ1) is 15.5. The minimum Gasteiger partial charge on any atom is -0.483 e. The first-order valence-corrected chi connectivity index (χ1v) is 11.8. The van der Waals surface area contributed by atoms with Crippen molar-refractivity contribution in [3.63, 3.8) is 0 Å². The van der Waals surface area contributed by atoms with Gasteiger partial charge in [-0.05, 0) is 63.6 Å². The molecule has 1 aromatic heterocycles. The van der Waals surface area contributed by atoms with E-state index >= 15 is 0 Å². The standard InChI is InChI=1S/C23H26N4O5S/c1-14(2)27-33(30,31)19-8-9-20(15(3)10-19)32-13-22(29)25-18-7-5-6-17(12-18)23-24-16(4)11-21(28)26-23/h5-12,14,27H,13H2,1-4H3,(H,25,29)(H,24,26,28). The maximum atomic E-state index is 12.4. The van der Waals surface area contributed by atoms with Crippen LogP contribution in [-0.4, -0.2) is 36.9 Å². The van der Waals surface area contributed by atoms with Crippen molar-refractivity contribution in [3.8, 4) is 17.1 Å². The molecule has 2 aromatic carbocycles. The van der Waals surface area contributed by atoms with E-state index in [4.69, 9.17) is 4.74 Å². The number of anilines is 1. The molecule has 174 valence electrons. The number of benzene rings is 2. The molecule has 10 heteroatoms. The van der Waals surface area contributed by atoms with Crippen LogP contribution in [0.3, 0.4) is 0 Å². The van der Waals surface area contributed by atoms with E-state index in [0.717, 1.165) is 0 Å². The van der Waals surface area contributed by atoms with Crippen molar-refractivity contribution in [2.75, 3.05) is 11.9 Å². The molecule has 0 aliphatic rings. The molecule has 3 aromatic rings. The van der Waals surface area contributed by atoms with E-state index in [2.05, 4.69) is 20.0 Å². The Hall–Kier alpha value is -3.50. The second kappa shape index (κ2) is 9.97. The van der Waals surface area contributed by atoms with Crippen molar-refractivity contribution in [2.24, 2.45) is 0 Å². The minimum atomic E-state index is -3.62. The molecule has 3 rings (SSSR count). The SMILES string of the molecule is Cc1cc(=O)[nH]c(-c2cccc(NC(=O)COc3ccc(S(=O)(=O)NC(C)C)cc3C)c2)n1. The molecule has 0 atom stereocenters. The van der Waals surface area contributed by atoms with Crippen molar-refractivity contribution < 1.29 is 17.9 Å². The number of rotatable bonds is 8. The van der Waals surface area contributed by atoms with Gasteiger partial charge < -0.3 is 15.0 Å². The number of sulfonamides is 1. The summed E-state index contributed by atoms with van der Waals surface area (Å²) >= 11 is 0.